The van der Waals surface area contributed by atoms with Crippen LogP contribution in [0.2, 0.25) is 0 Å². The molecule has 5 nitrogen and oxygen atoms in total. The second-order valence-electron chi connectivity index (χ2n) is 6.69. The van der Waals surface area contributed by atoms with Crippen molar-refractivity contribution >= 4 is 11.7 Å². The summed E-state index contributed by atoms with van der Waals surface area (Å²) in [7, 11) is 1.67. The molecule has 0 saturated heterocycles. The number of benzene rings is 2. The molecule has 1 unspecified atom stereocenters. The molecule has 1 atom stereocenters. The van der Waals surface area contributed by atoms with E-state index in [0.29, 0.717) is 5.82 Å². The Balaban J connectivity index is 1.65. The molecule has 3 aromatic rings. The lowest BCUT2D eigenvalue weighted by Gasteiger charge is -2.15. The first-order valence-electron chi connectivity index (χ1n) is 9.25. The number of hydrogen-bond acceptors (Lipinski definition) is 4. The molecule has 0 aliphatic heterocycles. The highest BCUT2D eigenvalue weighted by Crippen LogP contribution is 2.22. The van der Waals surface area contributed by atoms with Crippen LogP contribution < -0.4 is 15.4 Å². The molecule has 1 heterocycles. The molecule has 2 aromatic carbocycles. The highest BCUT2D eigenvalue weighted by Gasteiger charge is 2.06. The summed E-state index contributed by atoms with van der Waals surface area (Å²) in [6.45, 7) is 4.38. The van der Waals surface area contributed by atoms with Gasteiger partial charge in [0.15, 0.2) is 0 Å². The first kappa shape index (κ1) is 19.6. The minimum atomic E-state index is -0.126. The lowest BCUT2D eigenvalue weighted by molar-refractivity contribution is -0.114. The number of ether oxygens (including phenoxy) is 1. The van der Waals surface area contributed by atoms with Gasteiger partial charge in [0.05, 0.1) is 7.11 Å². The lowest BCUT2D eigenvalue weighted by atomic mass is 10.0. The van der Waals surface area contributed by atoms with Crippen molar-refractivity contribution in [1.82, 2.24) is 10.3 Å². The predicted octanol–water partition coefficient (Wildman–Crippen LogP) is 4.57. The summed E-state index contributed by atoms with van der Waals surface area (Å²) in [5.41, 5.74) is 4.52. The minimum absolute atomic E-state index is 0.126. The van der Waals surface area contributed by atoms with Crippen LogP contribution in [0.15, 0.2) is 66.9 Å². The molecule has 0 radical (unpaired) electrons. The average Bonchev–Trinajstić information content (AvgIpc) is 2.72. The number of carbonyl (C=O) groups excluding carboxylic acids is 1. The fourth-order valence-electron chi connectivity index (χ4n) is 2.96. The summed E-state index contributed by atoms with van der Waals surface area (Å²) >= 11 is 0. The molecule has 0 spiro atoms. The standard InChI is InChI=1S/C23H25N3O2/c1-16(19-7-10-22(28-3)11-8-19)24-14-18-5-4-6-20(13-18)21-9-12-23(25-15-21)26-17(2)27/h4-13,15-16,24H,14H2,1-3H3,(H,25,26,27). The van der Waals surface area contributed by atoms with E-state index >= 15 is 0 Å². The SMILES string of the molecule is COc1ccc(C(C)NCc2cccc(-c3ccc(NC(C)=O)nc3)c2)cc1. The molecule has 5 heteroatoms. The van der Waals surface area contributed by atoms with Crippen LogP contribution in [0.1, 0.15) is 31.0 Å². The van der Waals surface area contributed by atoms with Crippen molar-refractivity contribution in [2.75, 3.05) is 12.4 Å². The predicted molar refractivity (Wildman–Crippen MR) is 112 cm³/mol. The zero-order chi connectivity index (χ0) is 19.9. The number of nitrogens with one attached hydrogen (secondary N) is 2. The quantitative estimate of drug-likeness (QED) is 0.635. The molecule has 1 aromatic heterocycles. The minimum Gasteiger partial charge on any atom is -0.497 e. The van der Waals surface area contributed by atoms with E-state index in [9.17, 15) is 4.79 Å². The molecule has 0 saturated carbocycles. The molecule has 1 amide bonds. The van der Waals surface area contributed by atoms with Crippen molar-refractivity contribution in [2.24, 2.45) is 0 Å². The molecular weight excluding hydrogens is 350 g/mol. The Morgan fingerprint density at radius 3 is 2.50 bits per heavy atom. The highest BCUT2D eigenvalue weighted by molar-refractivity contribution is 5.87. The normalized spacial score (nSPS) is 11.7. The average molecular weight is 375 g/mol. The number of pyridine rings is 1. The Bertz CT molecular complexity index is 921. The Morgan fingerprint density at radius 2 is 1.86 bits per heavy atom. The van der Waals surface area contributed by atoms with Crippen molar-refractivity contribution in [3.05, 3.63) is 78.0 Å². The highest BCUT2D eigenvalue weighted by atomic mass is 16.5. The molecule has 144 valence electrons. The van der Waals surface area contributed by atoms with Crippen LogP contribution in [0.5, 0.6) is 5.75 Å². The topological polar surface area (TPSA) is 63.2 Å². The number of aromatic nitrogens is 1. The maximum Gasteiger partial charge on any atom is 0.222 e. The van der Waals surface area contributed by atoms with Gasteiger partial charge in [-0.25, -0.2) is 4.98 Å². The number of methoxy groups -OCH3 is 1. The summed E-state index contributed by atoms with van der Waals surface area (Å²) in [4.78, 5) is 15.4. The first-order valence-corrected chi connectivity index (χ1v) is 9.25. The van der Waals surface area contributed by atoms with Gasteiger partial charge < -0.3 is 15.4 Å². The van der Waals surface area contributed by atoms with Crippen molar-refractivity contribution in [2.45, 2.75) is 26.4 Å². The fourth-order valence-corrected chi connectivity index (χ4v) is 2.96. The molecule has 0 fully saturated rings. The maximum atomic E-state index is 11.1. The fraction of sp³-hybridized carbons (Fsp3) is 0.217. The van der Waals surface area contributed by atoms with E-state index in [0.717, 1.165) is 23.4 Å². The summed E-state index contributed by atoms with van der Waals surface area (Å²) in [5.74, 6) is 1.29. The summed E-state index contributed by atoms with van der Waals surface area (Å²) in [6.07, 6.45) is 1.78. The van der Waals surface area contributed by atoms with Crippen LogP contribution in [0, 0.1) is 0 Å². The van der Waals surface area contributed by atoms with E-state index in [2.05, 4.69) is 52.9 Å². The van der Waals surface area contributed by atoms with Gasteiger partial charge in [-0.1, -0.05) is 30.3 Å². The van der Waals surface area contributed by atoms with E-state index in [1.807, 2.05) is 30.3 Å². The Labute approximate surface area is 165 Å². The zero-order valence-corrected chi connectivity index (χ0v) is 16.4. The van der Waals surface area contributed by atoms with E-state index < -0.39 is 0 Å². The third-order valence-corrected chi connectivity index (χ3v) is 4.56. The Hall–Kier alpha value is -3.18. The second kappa shape index (κ2) is 9.15. The largest absolute Gasteiger partial charge is 0.497 e. The zero-order valence-electron chi connectivity index (χ0n) is 16.4. The van der Waals surface area contributed by atoms with Crippen LogP contribution in [-0.2, 0) is 11.3 Å². The van der Waals surface area contributed by atoms with Crippen molar-refractivity contribution in [3.63, 3.8) is 0 Å². The molecule has 2 N–H and O–H groups in total. The molecule has 0 bridgehead atoms. The van der Waals surface area contributed by atoms with Crippen LogP contribution in [0.3, 0.4) is 0 Å². The maximum absolute atomic E-state index is 11.1. The van der Waals surface area contributed by atoms with Crippen molar-refractivity contribution in [3.8, 4) is 16.9 Å². The number of nitrogens with zero attached hydrogens (tertiary/aromatic N) is 1. The number of hydrogen-bond donors (Lipinski definition) is 2. The summed E-state index contributed by atoms with van der Waals surface area (Å²) in [6, 6.07) is 20.5. The van der Waals surface area contributed by atoms with Crippen LogP contribution in [0.4, 0.5) is 5.82 Å². The van der Waals surface area contributed by atoms with Crippen molar-refractivity contribution < 1.29 is 9.53 Å². The van der Waals surface area contributed by atoms with E-state index in [1.165, 1.54) is 18.1 Å². The van der Waals surface area contributed by atoms with Gasteiger partial charge in [-0.2, -0.15) is 0 Å². The first-order chi connectivity index (χ1) is 13.5. The third-order valence-electron chi connectivity index (χ3n) is 4.56. The Morgan fingerprint density at radius 1 is 1.07 bits per heavy atom. The van der Waals surface area contributed by atoms with E-state index in [1.54, 1.807) is 13.3 Å². The lowest BCUT2D eigenvalue weighted by Crippen LogP contribution is -2.18. The smallest absolute Gasteiger partial charge is 0.222 e. The van der Waals surface area contributed by atoms with Gasteiger partial charge in [0, 0.05) is 31.3 Å². The number of rotatable bonds is 7. The number of carbonyl (C=O) groups is 1. The van der Waals surface area contributed by atoms with E-state index in [-0.39, 0.29) is 11.9 Å². The van der Waals surface area contributed by atoms with Gasteiger partial charge in [0.1, 0.15) is 11.6 Å². The van der Waals surface area contributed by atoms with Gasteiger partial charge in [-0.05, 0) is 53.9 Å². The van der Waals surface area contributed by atoms with Gasteiger partial charge in [0.2, 0.25) is 5.91 Å². The van der Waals surface area contributed by atoms with Gasteiger partial charge in [-0.3, -0.25) is 4.79 Å². The molecule has 28 heavy (non-hydrogen) atoms. The molecule has 3 rings (SSSR count). The van der Waals surface area contributed by atoms with E-state index in [4.69, 9.17) is 4.74 Å². The molecule has 0 aliphatic carbocycles. The number of anilines is 1. The van der Waals surface area contributed by atoms with Crippen LogP contribution in [0.25, 0.3) is 11.1 Å². The molecule has 0 aliphatic rings. The third kappa shape index (κ3) is 5.18. The summed E-state index contributed by atoms with van der Waals surface area (Å²) in [5, 5.41) is 6.24. The van der Waals surface area contributed by atoms with Gasteiger partial charge in [0.25, 0.3) is 0 Å². The number of amides is 1. The monoisotopic (exact) mass is 375 g/mol. The van der Waals surface area contributed by atoms with Gasteiger partial charge >= 0.3 is 0 Å². The van der Waals surface area contributed by atoms with Gasteiger partial charge in [-0.15, -0.1) is 0 Å². The van der Waals surface area contributed by atoms with Crippen LogP contribution in [-0.4, -0.2) is 18.0 Å². The summed E-state index contributed by atoms with van der Waals surface area (Å²) < 4.78 is 5.21. The Kier molecular flexibility index (Phi) is 6.40. The van der Waals surface area contributed by atoms with Crippen molar-refractivity contribution in [1.29, 1.82) is 0 Å². The second-order valence-corrected chi connectivity index (χ2v) is 6.69. The molecular formula is C23H25N3O2. The van der Waals surface area contributed by atoms with Crippen LogP contribution >= 0.6 is 0 Å².